The lowest BCUT2D eigenvalue weighted by Crippen LogP contribution is -2.62. The first kappa shape index (κ1) is 52.3. The normalized spacial score (nSPS) is 15.8. The first-order chi connectivity index (χ1) is 26.6. The summed E-state index contributed by atoms with van der Waals surface area (Å²) in [7, 11) is 0. The number of nitrogens with one attached hydrogen (secondary N) is 6. The van der Waals surface area contributed by atoms with Gasteiger partial charge in [-0.15, -0.1) is 0 Å². The fraction of sp³-hybridized carbons (Fsp3) is 0.735. The Morgan fingerprint density at radius 3 is 1.65 bits per heavy atom. The van der Waals surface area contributed by atoms with Crippen LogP contribution in [0.2, 0.25) is 0 Å². The zero-order valence-electron chi connectivity index (χ0n) is 33.3. The van der Waals surface area contributed by atoms with Gasteiger partial charge in [-0.1, -0.05) is 34.1 Å². The Bertz CT molecular complexity index is 1400. The first-order valence-electron chi connectivity index (χ1n) is 18.5. The molecular weight excluding hydrogens is 772 g/mol. The zero-order chi connectivity index (χ0) is 44.0. The molecule has 0 unspecified atom stereocenters. The van der Waals surface area contributed by atoms with Gasteiger partial charge < -0.3 is 69.5 Å². The number of aliphatic hydroxyl groups is 2. The lowest BCUT2D eigenvalue weighted by Gasteiger charge is -2.30. The van der Waals surface area contributed by atoms with E-state index in [1.165, 1.54) is 11.8 Å². The molecular formula is C34H62N10O12S. The number of nitrogens with two attached hydrogens (primary N) is 3. The molecule has 0 radical (unpaired) electrons. The number of rotatable bonds is 28. The number of carbonyl (C=O) groups is 8. The third kappa shape index (κ3) is 19.8. The van der Waals surface area contributed by atoms with Crippen LogP contribution in [-0.4, -0.2) is 147 Å². The second-order valence-electron chi connectivity index (χ2n) is 13.8. The number of aliphatic carboxylic acids is 2. The smallest absolute Gasteiger partial charge is 0.328 e. The molecule has 0 saturated carbocycles. The van der Waals surface area contributed by atoms with E-state index in [1.807, 2.05) is 6.26 Å². The fourth-order valence-corrected chi connectivity index (χ4v) is 5.55. The Balaban J connectivity index is 6.32. The third-order valence-electron chi connectivity index (χ3n) is 8.73. The van der Waals surface area contributed by atoms with Crippen LogP contribution in [0.4, 0.5) is 0 Å². The van der Waals surface area contributed by atoms with Crippen LogP contribution in [0.15, 0.2) is 4.99 Å². The van der Waals surface area contributed by atoms with Gasteiger partial charge in [0.05, 0.1) is 18.8 Å². The third-order valence-corrected chi connectivity index (χ3v) is 9.37. The minimum absolute atomic E-state index is 0.0452. The van der Waals surface area contributed by atoms with E-state index < -0.39 is 127 Å². The molecule has 0 aliphatic carbocycles. The summed E-state index contributed by atoms with van der Waals surface area (Å²) in [5.41, 5.74) is 16.8. The SMILES string of the molecule is CC[C@H](C)[C@H](NC(=O)[C@@H](NC(=O)[C@H](CCC(=O)O)NC(=O)[C@@H](NC(=O)[C@H](CCCN=C(N)N)NC(=O)[C@@H](N)CCSC)C(C)C)[C@@H](C)O)C(=O)N[C@@H](CO)C(=O)O. The number of amides is 6. The standard InChI is InChI=1S/C34H62N10O12S/c1-7-17(4)25(31(53)41-22(15-45)33(55)56)43-32(54)26(18(5)46)44-29(51)21(10-11-23(47)48)40-30(52)24(16(2)3)42-28(50)20(9-8-13-38-34(36)37)39-27(49)19(35)12-14-57-6/h16-22,24-26,45-46H,7-15,35H2,1-6H3,(H,39,49)(H,40,52)(H,41,53)(H,42,50)(H,43,54)(H,44,51)(H,47,48)(H,55,56)(H4,36,37,38)/t17-,18+,19-,20-,21-,22-,24-,25-,26-/m0/s1. The van der Waals surface area contributed by atoms with Crippen molar-refractivity contribution in [3.05, 3.63) is 0 Å². The first-order valence-corrected chi connectivity index (χ1v) is 19.9. The number of hydrogen-bond acceptors (Lipinski definition) is 13. The summed E-state index contributed by atoms with van der Waals surface area (Å²) in [6.07, 6.45) is 0.0490. The molecule has 0 heterocycles. The van der Waals surface area contributed by atoms with E-state index in [1.54, 1.807) is 27.7 Å². The van der Waals surface area contributed by atoms with Gasteiger partial charge in [-0.3, -0.25) is 38.6 Å². The number of thioether (sulfide) groups is 1. The van der Waals surface area contributed by atoms with E-state index in [-0.39, 0.29) is 25.3 Å². The van der Waals surface area contributed by atoms with Crippen molar-refractivity contribution in [3.8, 4) is 0 Å². The predicted molar refractivity (Wildman–Crippen MR) is 210 cm³/mol. The molecule has 0 spiro atoms. The molecule has 22 nitrogen and oxygen atoms in total. The van der Waals surface area contributed by atoms with Crippen LogP contribution in [0.1, 0.15) is 73.1 Å². The largest absolute Gasteiger partial charge is 0.481 e. The summed E-state index contributed by atoms with van der Waals surface area (Å²) in [5, 5.41) is 52.8. The molecule has 16 N–H and O–H groups in total. The minimum atomic E-state index is -1.76. The molecule has 0 aromatic rings. The summed E-state index contributed by atoms with van der Waals surface area (Å²) in [4.78, 5) is 107. The Morgan fingerprint density at radius 2 is 1.18 bits per heavy atom. The monoisotopic (exact) mass is 834 g/mol. The van der Waals surface area contributed by atoms with E-state index in [0.717, 1.165) is 6.92 Å². The highest BCUT2D eigenvalue weighted by atomic mass is 32.2. The van der Waals surface area contributed by atoms with Crippen LogP contribution < -0.4 is 49.1 Å². The summed E-state index contributed by atoms with van der Waals surface area (Å²) < 4.78 is 0. The van der Waals surface area contributed by atoms with Gasteiger partial charge >= 0.3 is 11.9 Å². The number of hydrogen-bond donors (Lipinski definition) is 13. The van der Waals surface area contributed by atoms with Gasteiger partial charge in [-0.25, -0.2) is 4.79 Å². The second kappa shape index (κ2) is 27.0. The van der Waals surface area contributed by atoms with E-state index in [0.29, 0.717) is 18.6 Å². The summed E-state index contributed by atoms with van der Waals surface area (Å²) in [6, 6.07) is -9.89. The van der Waals surface area contributed by atoms with Crippen molar-refractivity contribution in [1.29, 1.82) is 0 Å². The van der Waals surface area contributed by atoms with Gasteiger partial charge in [0.25, 0.3) is 0 Å². The van der Waals surface area contributed by atoms with Gasteiger partial charge in [0.1, 0.15) is 36.3 Å². The van der Waals surface area contributed by atoms with Crippen LogP contribution >= 0.6 is 11.8 Å². The van der Waals surface area contributed by atoms with Crippen LogP contribution in [0, 0.1) is 11.8 Å². The van der Waals surface area contributed by atoms with E-state index in [2.05, 4.69) is 36.9 Å². The molecule has 9 atom stereocenters. The highest BCUT2D eigenvalue weighted by Gasteiger charge is 2.36. The average Bonchev–Trinajstić information content (AvgIpc) is 3.13. The molecule has 6 amide bonds. The van der Waals surface area contributed by atoms with Gasteiger partial charge in [0.2, 0.25) is 35.4 Å². The van der Waals surface area contributed by atoms with E-state index >= 15 is 0 Å². The van der Waals surface area contributed by atoms with Crippen molar-refractivity contribution < 1.29 is 58.8 Å². The van der Waals surface area contributed by atoms with E-state index in [9.17, 15) is 58.8 Å². The lowest BCUT2D eigenvalue weighted by atomic mass is 9.97. The van der Waals surface area contributed by atoms with E-state index in [4.69, 9.17) is 17.2 Å². The molecule has 57 heavy (non-hydrogen) atoms. The van der Waals surface area contributed by atoms with Crippen molar-refractivity contribution in [2.75, 3.05) is 25.2 Å². The van der Waals surface area contributed by atoms with Gasteiger partial charge in [0, 0.05) is 13.0 Å². The van der Waals surface area contributed by atoms with Crippen molar-refractivity contribution in [3.63, 3.8) is 0 Å². The van der Waals surface area contributed by atoms with Gasteiger partial charge in [-0.2, -0.15) is 11.8 Å². The topological polar surface area (TPSA) is 380 Å². The van der Waals surface area contributed by atoms with Gasteiger partial charge in [-0.05, 0) is 56.5 Å². The number of guanidine groups is 1. The van der Waals surface area contributed by atoms with Crippen LogP contribution in [0.3, 0.4) is 0 Å². The molecule has 0 aromatic carbocycles. The van der Waals surface area contributed by atoms with Crippen LogP contribution in [0.5, 0.6) is 0 Å². The van der Waals surface area contributed by atoms with Crippen molar-refractivity contribution in [2.24, 2.45) is 34.0 Å². The number of nitrogens with zero attached hydrogens (tertiary/aromatic N) is 1. The quantitative estimate of drug-likeness (QED) is 0.0203. The highest BCUT2D eigenvalue weighted by Crippen LogP contribution is 2.12. The molecule has 0 fully saturated rings. The van der Waals surface area contributed by atoms with Crippen molar-refractivity contribution >= 4 is 65.1 Å². The fourth-order valence-electron chi connectivity index (χ4n) is 5.07. The number of aliphatic hydroxyl groups excluding tert-OH is 2. The average molecular weight is 835 g/mol. The van der Waals surface area contributed by atoms with Crippen LogP contribution in [-0.2, 0) is 38.4 Å². The van der Waals surface area contributed by atoms with Crippen molar-refractivity contribution in [2.45, 2.75) is 122 Å². The molecule has 0 aliphatic rings. The maximum Gasteiger partial charge on any atom is 0.328 e. The van der Waals surface area contributed by atoms with Crippen LogP contribution in [0.25, 0.3) is 0 Å². The Hall–Kier alpha value is -4.74. The maximum atomic E-state index is 13.7. The highest BCUT2D eigenvalue weighted by molar-refractivity contribution is 7.98. The minimum Gasteiger partial charge on any atom is -0.481 e. The molecule has 0 rings (SSSR count). The predicted octanol–water partition coefficient (Wildman–Crippen LogP) is -3.95. The molecule has 0 aliphatic heterocycles. The second-order valence-corrected chi connectivity index (χ2v) is 14.8. The number of carbonyl (C=O) groups excluding carboxylic acids is 6. The Morgan fingerprint density at radius 1 is 0.684 bits per heavy atom. The lowest BCUT2D eigenvalue weighted by molar-refractivity contribution is -0.144. The molecule has 0 bridgehead atoms. The summed E-state index contributed by atoms with van der Waals surface area (Å²) in [5.74, 6) is -9.11. The number of aliphatic imine (C=N–C) groups is 1. The summed E-state index contributed by atoms with van der Waals surface area (Å²) in [6.45, 7) is 6.75. The van der Waals surface area contributed by atoms with Crippen molar-refractivity contribution in [1.82, 2.24) is 31.9 Å². The van der Waals surface area contributed by atoms with Gasteiger partial charge in [0.15, 0.2) is 5.96 Å². The Kier molecular flexibility index (Phi) is 24.7. The molecule has 326 valence electrons. The summed E-state index contributed by atoms with van der Waals surface area (Å²) >= 11 is 1.48. The molecule has 23 heteroatoms. The molecule has 0 saturated heterocycles. The molecule has 0 aromatic heterocycles. The Labute approximate surface area is 336 Å². The maximum absolute atomic E-state index is 13.7. The number of carboxylic acid groups (broad SMARTS) is 2. The number of carboxylic acids is 2. The zero-order valence-corrected chi connectivity index (χ0v) is 34.1.